The summed E-state index contributed by atoms with van der Waals surface area (Å²) in [5.74, 6) is 0. The fourth-order valence-corrected chi connectivity index (χ4v) is 2.35. The molecule has 4 heteroatoms. The van der Waals surface area contributed by atoms with Crippen LogP contribution in [-0.2, 0) is 17.7 Å². The molecular weight excluding hydrogens is 246 g/mol. The van der Waals surface area contributed by atoms with Crippen molar-refractivity contribution in [1.82, 2.24) is 4.72 Å². The van der Waals surface area contributed by atoms with Crippen molar-refractivity contribution in [3.8, 4) is 0 Å². The van der Waals surface area contributed by atoms with Gasteiger partial charge in [-0.15, -0.1) is 0 Å². The Balaban J connectivity index is 2.18. The van der Waals surface area contributed by atoms with Crippen molar-refractivity contribution in [2.24, 2.45) is 0 Å². The fraction of sp³-hybridized carbons (Fsp3) is 0.143. The second-order valence-corrected chi connectivity index (χ2v) is 4.75. The summed E-state index contributed by atoms with van der Waals surface area (Å²) >= 11 is -2.02. The van der Waals surface area contributed by atoms with Gasteiger partial charge in [-0.25, -0.2) is 8.93 Å². The molecule has 0 aliphatic rings. The first-order valence-electron chi connectivity index (χ1n) is 5.71. The highest BCUT2D eigenvalue weighted by molar-refractivity contribution is 7.77. The molecule has 94 valence electrons. The molecule has 2 rings (SSSR count). The zero-order valence-corrected chi connectivity index (χ0v) is 10.6. The van der Waals surface area contributed by atoms with Gasteiger partial charge in [0.25, 0.3) is 0 Å². The van der Waals surface area contributed by atoms with Crippen molar-refractivity contribution in [1.29, 1.82) is 0 Å². The minimum atomic E-state index is -2.02. The van der Waals surface area contributed by atoms with E-state index < -0.39 is 11.3 Å². The zero-order chi connectivity index (χ0) is 12.8. The van der Waals surface area contributed by atoms with Crippen LogP contribution in [0, 0.1) is 0 Å². The lowest BCUT2D eigenvalue weighted by molar-refractivity contribution is 0.526. The van der Waals surface area contributed by atoms with Crippen LogP contribution in [0.1, 0.15) is 17.2 Å². The molecule has 2 N–H and O–H groups in total. The van der Waals surface area contributed by atoms with Gasteiger partial charge in [-0.2, -0.15) is 0 Å². The van der Waals surface area contributed by atoms with Crippen molar-refractivity contribution in [2.45, 2.75) is 12.5 Å². The van der Waals surface area contributed by atoms with Crippen molar-refractivity contribution >= 4 is 11.3 Å². The van der Waals surface area contributed by atoms with E-state index in [0.717, 1.165) is 11.1 Å². The Morgan fingerprint density at radius 1 is 1.00 bits per heavy atom. The monoisotopic (exact) mass is 261 g/mol. The van der Waals surface area contributed by atoms with Gasteiger partial charge in [-0.05, 0) is 17.5 Å². The van der Waals surface area contributed by atoms with E-state index in [1.165, 1.54) is 0 Å². The summed E-state index contributed by atoms with van der Waals surface area (Å²) in [6.07, 6.45) is 0.678. The normalized spacial score (nSPS) is 14.1. The van der Waals surface area contributed by atoms with E-state index in [1.54, 1.807) is 0 Å². The fourth-order valence-electron chi connectivity index (χ4n) is 1.88. The molecule has 0 bridgehead atoms. The average molecular weight is 261 g/mol. The van der Waals surface area contributed by atoms with Gasteiger partial charge in [0, 0.05) is 0 Å². The molecule has 2 atom stereocenters. The predicted octanol–water partition coefficient (Wildman–Crippen LogP) is 2.70. The van der Waals surface area contributed by atoms with Crippen LogP contribution in [-0.4, -0.2) is 8.76 Å². The Morgan fingerprint density at radius 3 is 2.11 bits per heavy atom. The molecular formula is C14H15NO2S. The van der Waals surface area contributed by atoms with Crippen LogP contribution in [0.4, 0.5) is 0 Å². The third-order valence-electron chi connectivity index (χ3n) is 2.73. The average Bonchev–Trinajstić information content (AvgIpc) is 2.40. The third-order valence-corrected chi connectivity index (χ3v) is 3.21. The molecule has 0 aliphatic heterocycles. The second kappa shape index (κ2) is 6.44. The maximum Gasteiger partial charge on any atom is 0.232 e. The molecule has 0 spiro atoms. The van der Waals surface area contributed by atoms with Gasteiger partial charge in [0.05, 0.1) is 6.04 Å². The van der Waals surface area contributed by atoms with E-state index >= 15 is 0 Å². The van der Waals surface area contributed by atoms with Crippen LogP contribution in [0.15, 0.2) is 60.7 Å². The highest BCUT2D eigenvalue weighted by Crippen LogP contribution is 2.18. The summed E-state index contributed by atoms with van der Waals surface area (Å²) in [5.41, 5.74) is 2.13. The molecule has 1 unspecified atom stereocenters. The van der Waals surface area contributed by atoms with Crippen LogP contribution in [0.2, 0.25) is 0 Å². The van der Waals surface area contributed by atoms with E-state index in [-0.39, 0.29) is 6.04 Å². The van der Waals surface area contributed by atoms with E-state index in [2.05, 4.69) is 4.72 Å². The van der Waals surface area contributed by atoms with Crippen molar-refractivity contribution in [2.75, 3.05) is 0 Å². The van der Waals surface area contributed by atoms with Gasteiger partial charge in [0.15, 0.2) is 0 Å². The molecule has 0 aliphatic carbocycles. The van der Waals surface area contributed by atoms with E-state index in [1.807, 2.05) is 60.7 Å². The Morgan fingerprint density at radius 2 is 1.56 bits per heavy atom. The van der Waals surface area contributed by atoms with Crippen molar-refractivity contribution < 1.29 is 8.76 Å². The Labute approximate surface area is 109 Å². The van der Waals surface area contributed by atoms with Crippen LogP contribution < -0.4 is 4.72 Å². The van der Waals surface area contributed by atoms with E-state index in [0.29, 0.717) is 6.42 Å². The standard InChI is InChI=1S/C14H15NO2S/c16-18(17)15-14(13-9-5-2-6-10-13)11-12-7-3-1-4-8-12/h1-10,14-15H,11H2,(H,16,17)/t14-/m1/s1. The largest absolute Gasteiger partial charge is 0.294 e. The molecule has 0 aromatic heterocycles. The third kappa shape index (κ3) is 3.77. The zero-order valence-electron chi connectivity index (χ0n) is 9.82. The predicted molar refractivity (Wildman–Crippen MR) is 73.2 cm³/mol. The molecule has 0 heterocycles. The van der Waals surface area contributed by atoms with E-state index in [4.69, 9.17) is 4.55 Å². The molecule has 0 fully saturated rings. The summed E-state index contributed by atoms with van der Waals surface area (Å²) in [7, 11) is 0. The summed E-state index contributed by atoms with van der Waals surface area (Å²) in [6, 6.07) is 19.4. The molecule has 0 radical (unpaired) electrons. The lowest BCUT2D eigenvalue weighted by Crippen LogP contribution is -2.24. The molecule has 3 nitrogen and oxygen atoms in total. The Bertz CT molecular complexity index is 502. The lowest BCUT2D eigenvalue weighted by atomic mass is 10.00. The van der Waals surface area contributed by atoms with Gasteiger partial charge in [0.1, 0.15) is 0 Å². The number of hydrogen-bond donors (Lipinski definition) is 2. The Hall–Kier alpha value is -1.49. The van der Waals surface area contributed by atoms with Crippen LogP contribution in [0.5, 0.6) is 0 Å². The van der Waals surface area contributed by atoms with Gasteiger partial charge in [0.2, 0.25) is 11.3 Å². The van der Waals surface area contributed by atoms with Gasteiger partial charge in [-0.3, -0.25) is 4.55 Å². The minimum absolute atomic E-state index is 0.167. The summed E-state index contributed by atoms with van der Waals surface area (Å²) in [4.78, 5) is 0. The molecule has 18 heavy (non-hydrogen) atoms. The Kier molecular flexibility index (Phi) is 4.64. The maximum atomic E-state index is 11.0. The van der Waals surface area contributed by atoms with Crippen molar-refractivity contribution in [3.63, 3.8) is 0 Å². The van der Waals surface area contributed by atoms with Gasteiger partial charge >= 0.3 is 0 Å². The lowest BCUT2D eigenvalue weighted by Gasteiger charge is -2.16. The number of rotatable bonds is 5. The van der Waals surface area contributed by atoms with Crippen LogP contribution in [0.3, 0.4) is 0 Å². The van der Waals surface area contributed by atoms with Crippen molar-refractivity contribution in [3.05, 3.63) is 71.8 Å². The molecule has 0 amide bonds. The first kappa shape index (κ1) is 13.0. The van der Waals surface area contributed by atoms with Crippen LogP contribution >= 0.6 is 0 Å². The van der Waals surface area contributed by atoms with Gasteiger partial charge < -0.3 is 0 Å². The summed E-state index contributed by atoms with van der Waals surface area (Å²) in [5, 5.41) is 0. The summed E-state index contributed by atoms with van der Waals surface area (Å²) < 4.78 is 22.7. The van der Waals surface area contributed by atoms with E-state index in [9.17, 15) is 4.21 Å². The maximum absolute atomic E-state index is 11.0. The topological polar surface area (TPSA) is 49.3 Å². The highest BCUT2D eigenvalue weighted by Gasteiger charge is 2.13. The second-order valence-electron chi connectivity index (χ2n) is 4.02. The van der Waals surface area contributed by atoms with Gasteiger partial charge in [-0.1, -0.05) is 60.7 Å². The first-order chi connectivity index (χ1) is 8.75. The number of nitrogens with one attached hydrogen (secondary N) is 1. The molecule has 2 aromatic carbocycles. The van der Waals surface area contributed by atoms with Crippen LogP contribution in [0.25, 0.3) is 0 Å². The number of hydrogen-bond acceptors (Lipinski definition) is 1. The first-order valence-corrected chi connectivity index (χ1v) is 6.82. The quantitative estimate of drug-likeness (QED) is 0.813. The molecule has 0 saturated heterocycles. The molecule has 0 saturated carbocycles. The number of benzene rings is 2. The smallest absolute Gasteiger partial charge is 0.232 e. The molecule has 2 aromatic rings. The SMILES string of the molecule is O=S(O)N[C@H](Cc1ccccc1)c1ccccc1. The minimum Gasteiger partial charge on any atom is -0.294 e. The summed E-state index contributed by atoms with van der Waals surface area (Å²) in [6.45, 7) is 0. The highest BCUT2D eigenvalue weighted by atomic mass is 32.2.